The monoisotopic (exact) mass is 418 g/mol. The third-order valence-corrected chi connectivity index (χ3v) is 6.33. The lowest BCUT2D eigenvalue weighted by atomic mass is 9.87. The smallest absolute Gasteiger partial charge is 0.243 e. The van der Waals surface area contributed by atoms with Gasteiger partial charge in [0.15, 0.2) is 0 Å². The Morgan fingerprint density at radius 1 is 1.03 bits per heavy atom. The van der Waals surface area contributed by atoms with E-state index in [0.29, 0.717) is 6.61 Å². The number of ether oxygens (including phenoxy) is 1. The number of carbonyl (C=O) groups is 1. The molecule has 0 radical (unpaired) electrons. The van der Waals surface area contributed by atoms with E-state index >= 15 is 0 Å². The first-order valence-electron chi connectivity index (χ1n) is 9.53. The number of nitrogens with zero attached hydrogens (tertiary/aromatic N) is 1. The minimum atomic E-state index is -3.70. The van der Waals surface area contributed by atoms with Crippen molar-refractivity contribution in [2.24, 2.45) is 0 Å². The number of hydrogen-bond acceptors (Lipinski definition) is 4. The molecule has 0 aliphatic rings. The van der Waals surface area contributed by atoms with Gasteiger partial charge in [-0.15, -0.1) is 0 Å². The zero-order valence-corrected chi connectivity index (χ0v) is 18.5. The van der Waals surface area contributed by atoms with Crippen molar-refractivity contribution >= 4 is 15.9 Å². The van der Waals surface area contributed by atoms with Crippen molar-refractivity contribution in [1.82, 2.24) is 9.62 Å². The van der Waals surface area contributed by atoms with Crippen LogP contribution in [0.2, 0.25) is 0 Å². The molecule has 0 bridgehead atoms. The lowest BCUT2D eigenvalue weighted by molar-refractivity contribution is -0.121. The van der Waals surface area contributed by atoms with Gasteiger partial charge in [0.25, 0.3) is 0 Å². The zero-order valence-electron chi connectivity index (χ0n) is 17.7. The van der Waals surface area contributed by atoms with Gasteiger partial charge in [-0.1, -0.05) is 50.6 Å². The Labute approximate surface area is 173 Å². The summed E-state index contributed by atoms with van der Waals surface area (Å²) in [6.45, 7) is 8.66. The second-order valence-electron chi connectivity index (χ2n) is 8.05. The van der Waals surface area contributed by atoms with Crippen molar-refractivity contribution in [1.29, 1.82) is 0 Å². The molecule has 0 heterocycles. The van der Waals surface area contributed by atoms with E-state index in [-0.39, 0.29) is 29.3 Å². The van der Waals surface area contributed by atoms with Crippen LogP contribution in [0.4, 0.5) is 0 Å². The highest BCUT2D eigenvalue weighted by Gasteiger charge is 2.22. The fraction of sp³-hybridized carbons (Fsp3) is 0.409. The highest BCUT2D eigenvalue weighted by Crippen LogP contribution is 2.24. The van der Waals surface area contributed by atoms with Gasteiger partial charge >= 0.3 is 0 Å². The Kier molecular flexibility index (Phi) is 7.43. The molecule has 6 nitrogen and oxygen atoms in total. The van der Waals surface area contributed by atoms with E-state index in [0.717, 1.165) is 15.6 Å². The van der Waals surface area contributed by atoms with Crippen molar-refractivity contribution in [2.45, 2.75) is 38.0 Å². The van der Waals surface area contributed by atoms with Crippen molar-refractivity contribution in [3.8, 4) is 5.75 Å². The minimum absolute atomic E-state index is 0.0808. The van der Waals surface area contributed by atoms with E-state index in [1.54, 1.807) is 12.1 Å². The van der Waals surface area contributed by atoms with Crippen LogP contribution < -0.4 is 10.1 Å². The Bertz CT molecular complexity index is 915. The van der Waals surface area contributed by atoms with Gasteiger partial charge in [0, 0.05) is 7.05 Å². The van der Waals surface area contributed by atoms with Gasteiger partial charge in [0.2, 0.25) is 15.9 Å². The van der Waals surface area contributed by atoms with Crippen LogP contribution in [0.25, 0.3) is 0 Å². The predicted octanol–water partition coefficient (Wildman–Crippen LogP) is 3.11. The van der Waals surface area contributed by atoms with Crippen LogP contribution in [0.5, 0.6) is 5.75 Å². The molecule has 7 heteroatoms. The fourth-order valence-corrected chi connectivity index (χ4v) is 3.77. The lowest BCUT2D eigenvalue weighted by Gasteiger charge is -2.19. The number of sulfonamides is 1. The van der Waals surface area contributed by atoms with Crippen LogP contribution in [0.3, 0.4) is 0 Å². The fourth-order valence-electron chi connectivity index (χ4n) is 2.64. The summed E-state index contributed by atoms with van der Waals surface area (Å²) < 4.78 is 31.7. The summed E-state index contributed by atoms with van der Waals surface area (Å²) in [4.78, 5) is 12.2. The Balaban J connectivity index is 1.78. The van der Waals surface area contributed by atoms with Crippen molar-refractivity contribution in [3.63, 3.8) is 0 Å². The maximum absolute atomic E-state index is 12.5. The molecule has 0 aliphatic carbocycles. The first-order chi connectivity index (χ1) is 13.5. The van der Waals surface area contributed by atoms with Gasteiger partial charge in [0.1, 0.15) is 12.4 Å². The molecule has 0 aromatic heterocycles. The molecule has 1 N–H and O–H groups in total. The van der Waals surface area contributed by atoms with Crippen LogP contribution in [0.15, 0.2) is 53.4 Å². The highest BCUT2D eigenvalue weighted by atomic mass is 32.2. The van der Waals surface area contributed by atoms with Crippen LogP contribution in [-0.4, -0.2) is 45.4 Å². The number of amides is 1. The van der Waals surface area contributed by atoms with Crippen molar-refractivity contribution in [2.75, 3.05) is 26.7 Å². The molecule has 2 aromatic carbocycles. The number of hydrogen-bond donors (Lipinski definition) is 1. The molecule has 0 atom stereocenters. The molecule has 0 saturated heterocycles. The maximum Gasteiger partial charge on any atom is 0.243 e. The molecular formula is C22H30N2O4S. The molecule has 0 unspecified atom stereocenters. The third kappa shape index (κ3) is 6.58. The number of nitrogens with one attached hydrogen (secondary N) is 1. The summed E-state index contributed by atoms with van der Waals surface area (Å²) >= 11 is 0. The average molecular weight is 419 g/mol. The van der Waals surface area contributed by atoms with Gasteiger partial charge in [-0.2, -0.15) is 4.31 Å². The van der Waals surface area contributed by atoms with E-state index in [1.807, 2.05) is 31.2 Å². The first kappa shape index (κ1) is 22.9. The molecule has 0 spiro atoms. The van der Waals surface area contributed by atoms with Crippen LogP contribution in [0.1, 0.15) is 31.9 Å². The molecule has 0 saturated carbocycles. The van der Waals surface area contributed by atoms with Gasteiger partial charge in [-0.05, 0) is 42.2 Å². The van der Waals surface area contributed by atoms with Gasteiger partial charge < -0.3 is 10.1 Å². The number of likely N-dealkylation sites (N-methyl/N-ethyl adjacent to an activating group) is 1. The summed E-state index contributed by atoms with van der Waals surface area (Å²) in [5.74, 6) is 0.348. The standard InChI is InChI=1S/C22H30N2O4S/c1-17-6-12-20(13-7-17)29(26,27)24(5)16-21(25)23-14-15-28-19-10-8-18(9-11-19)22(2,3)4/h6-13H,14-16H2,1-5H3,(H,23,25). The van der Waals surface area contributed by atoms with Gasteiger partial charge in [-0.25, -0.2) is 8.42 Å². The largest absolute Gasteiger partial charge is 0.492 e. The maximum atomic E-state index is 12.5. The summed E-state index contributed by atoms with van der Waals surface area (Å²) in [5, 5.41) is 2.68. The SMILES string of the molecule is Cc1ccc(S(=O)(=O)N(C)CC(=O)NCCOc2ccc(C(C)(C)C)cc2)cc1. The third-order valence-electron chi connectivity index (χ3n) is 4.51. The van der Waals surface area contributed by atoms with Crippen LogP contribution >= 0.6 is 0 Å². The normalized spacial score (nSPS) is 12.1. The molecule has 158 valence electrons. The highest BCUT2D eigenvalue weighted by molar-refractivity contribution is 7.89. The molecular weight excluding hydrogens is 388 g/mol. The summed E-state index contributed by atoms with van der Waals surface area (Å²) in [7, 11) is -2.31. The quantitative estimate of drug-likeness (QED) is 0.669. The first-order valence-corrected chi connectivity index (χ1v) is 11.0. The van der Waals surface area contributed by atoms with E-state index in [9.17, 15) is 13.2 Å². The van der Waals surface area contributed by atoms with Gasteiger partial charge in [-0.3, -0.25) is 4.79 Å². The minimum Gasteiger partial charge on any atom is -0.492 e. The topological polar surface area (TPSA) is 75.7 Å². The Morgan fingerprint density at radius 3 is 2.17 bits per heavy atom. The number of rotatable bonds is 8. The Hall–Kier alpha value is -2.38. The summed E-state index contributed by atoms with van der Waals surface area (Å²) in [6.07, 6.45) is 0. The predicted molar refractivity (Wildman–Crippen MR) is 115 cm³/mol. The van der Waals surface area contributed by atoms with E-state index in [2.05, 4.69) is 26.1 Å². The van der Waals surface area contributed by atoms with Crippen molar-refractivity contribution in [3.05, 3.63) is 59.7 Å². The molecule has 2 rings (SSSR count). The van der Waals surface area contributed by atoms with E-state index in [4.69, 9.17) is 4.74 Å². The molecule has 29 heavy (non-hydrogen) atoms. The van der Waals surface area contributed by atoms with E-state index in [1.165, 1.54) is 24.7 Å². The number of aryl methyl sites for hydroxylation is 1. The number of carbonyl (C=O) groups excluding carboxylic acids is 1. The molecule has 1 amide bonds. The van der Waals surface area contributed by atoms with Gasteiger partial charge in [0.05, 0.1) is 18.0 Å². The van der Waals surface area contributed by atoms with Crippen LogP contribution in [0, 0.1) is 6.92 Å². The average Bonchev–Trinajstić information content (AvgIpc) is 2.65. The summed E-state index contributed by atoms with van der Waals surface area (Å²) in [6, 6.07) is 14.4. The van der Waals surface area contributed by atoms with E-state index < -0.39 is 10.0 Å². The second-order valence-corrected chi connectivity index (χ2v) is 10.1. The molecule has 0 aliphatic heterocycles. The molecule has 2 aromatic rings. The van der Waals surface area contributed by atoms with Crippen molar-refractivity contribution < 1.29 is 17.9 Å². The summed E-state index contributed by atoms with van der Waals surface area (Å²) in [5.41, 5.74) is 2.27. The Morgan fingerprint density at radius 2 is 1.62 bits per heavy atom. The number of benzene rings is 2. The van der Waals surface area contributed by atoms with Crippen LogP contribution in [-0.2, 0) is 20.2 Å². The molecule has 0 fully saturated rings. The second kappa shape index (κ2) is 9.41. The lowest BCUT2D eigenvalue weighted by Crippen LogP contribution is -2.39. The zero-order chi connectivity index (χ0) is 21.7.